The number of nitrogens with zero attached hydrogens (tertiary/aromatic N) is 5. The van der Waals surface area contributed by atoms with Crippen LogP contribution in [0, 0.1) is 0 Å². The normalized spacial score (nSPS) is 11.8. The van der Waals surface area contributed by atoms with Crippen LogP contribution in [0.15, 0.2) is 217 Å². The minimum Gasteiger partial charge on any atom is -0.455 e. The Hall–Kier alpha value is -8.61. The van der Waals surface area contributed by atoms with Crippen LogP contribution in [0.5, 0.6) is 0 Å². The Balaban J connectivity index is 1.12. The van der Waals surface area contributed by atoms with E-state index in [0.29, 0.717) is 17.5 Å². The van der Waals surface area contributed by atoms with E-state index in [4.69, 9.17) is 19.4 Å². The average Bonchev–Trinajstić information content (AvgIpc) is 4.01. The van der Waals surface area contributed by atoms with Gasteiger partial charge in [0.15, 0.2) is 17.5 Å². The summed E-state index contributed by atoms with van der Waals surface area (Å²) in [5, 5.41) is 6.71. The molecule has 6 nitrogen and oxygen atoms in total. The van der Waals surface area contributed by atoms with Gasteiger partial charge in [-0.2, -0.15) is 0 Å². The zero-order chi connectivity index (χ0) is 41.4. The summed E-state index contributed by atoms with van der Waals surface area (Å²) < 4.78 is 11.8. The first kappa shape index (κ1) is 35.2. The molecule has 0 atom stereocenters. The SMILES string of the molecule is c1ccc(-c2nc(-c3ccccc3)nc(-c3cccc4oc5c(-c6ccccc6)cc(-n6c7ccccc7c7cc8c(cc76)c6ccccc6n8-c6ccccc6)cc5c34)n2)cc1. The molecule has 0 bridgehead atoms. The first-order valence-electron chi connectivity index (χ1n) is 21.2. The van der Waals surface area contributed by atoms with Crippen molar-refractivity contribution in [3.8, 4) is 56.7 Å². The fourth-order valence-electron chi connectivity index (χ4n) is 9.55. The van der Waals surface area contributed by atoms with Crippen LogP contribution in [-0.2, 0) is 0 Å². The van der Waals surface area contributed by atoms with Crippen LogP contribution in [0.3, 0.4) is 0 Å². The highest BCUT2D eigenvalue weighted by molar-refractivity contribution is 6.20. The number of hydrogen-bond acceptors (Lipinski definition) is 4. The predicted molar refractivity (Wildman–Crippen MR) is 258 cm³/mol. The molecule has 0 amide bonds. The van der Waals surface area contributed by atoms with E-state index in [1.54, 1.807) is 0 Å². The van der Waals surface area contributed by atoms with Gasteiger partial charge in [0.25, 0.3) is 0 Å². The average molecular weight is 806 g/mol. The van der Waals surface area contributed by atoms with Crippen molar-refractivity contribution < 1.29 is 4.42 Å². The van der Waals surface area contributed by atoms with Crippen molar-refractivity contribution in [2.75, 3.05) is 0 Å². The van der Waals surface area contributed by atoms with Crippen molar-refractivity contribution in [2.45, 2.75) is 0 Å². The third kappa shape index (κ3) is 5.55. The van der Waals surface area contributed by atoms with E-state index in [0.717, 1.165) is 72.2 Å². The van der Waals surface area contributed by atoms with Crippen LogP contribution in [0.2, 0.25) is 0 Å². The number of benzene rings is 9. The molecule has 0 fully saturated rings. The van der Waals surface area contributed by atoms with Crippen LogP contribution in [0.25, 0.3) is 122 Å². The highest BCUT2D eigenvalue weighted by atomic mass is 16.3. The minimum atomic E-state index is 0.580. The van der Waals surface area contributed by atoms with Crippen LogP contribution in [-0.4, -0.2) is 24.1 Å². The quantitative estimate of drug-likeness (QED) is 0.168. The van der Waals surface area contributed by atoms with Gasteiger partial charge >= 0.3 is 0 Å². The molecule has 13 aromatic rings. The molecule has 0 saturated carbocycles. The molecule has 0 aliphatic carbocycles. The lowest BCUT2D eigenvalue weighted by Gasteiger charge is -2.12. The summed E-state index contributed by atoms with van der Waals surface area (Å²) in [4.78, 5) is 15.4. The lowest BCUT2D eigenvalue weighted by molar-refractivity contribution is 0.670. The molecule has 0 radical (unpaired) electrons. The molecule has 0 unspecified atom stereocenters. The lowest BCUT2D eigenvalue weighted by atomic mass is 9.99. The fraction of sp³-hybridized carbons (Fsp3) is 0. The topological polar surface area (TPSA) is 61.7 Å². The summed E-state index contributed by atoms with van der Waals surface area (Å²) >= 11 is 0. The number of furan rings is 1. The first-order valence-corrected chi connectivity index (χ1v) is 21.2. The Morgan fingerprint density at radius 3 is 1.40 bits per heavy atom. The molecule has 13 rings (SSSR count). The van der Waals surface area contributed by atoms with E-state index in [2.05, 4.69) is 149 Å². The molecule has 6 heteroatoms. The van der Waals surface area contributed by atoms with Gasteiger partial charge in [0.05, 0.1) is 22.1 Å². The Labute approximate surface area is 361 Å². The first-order chi connectivity index (χ1) is 31.2. The largest absolute Gasteiger partial charge is 0.455 e. The second kappa shape index (κ2) is 14.0. The van der Waals surface area contributed by atoms with Crippen LogP contribution >= 0.6 is 0 Å². The van der Waals surface area contributed by atoms with Gasteiger partial charge in [-0.05, 0) is 60.2 Å². The number of rotatable bonds is 6. The van der Waals surface area contributed by atoms with E-state index in [1.165, 1.54) is 32.6 Å². The van der Waals surface area contributed by atoms with Crippen molar-refractivity contribution in [3.05, 3.63) is 212 Å². The van der Waals surface area contributed by atoms with Crippen molar-refractivity contribution in [2.24, 2.45) is 0 Å². The highest BCUT2D eigenvalue weighted by Gasteiger charge is 2.23. The Morgan fingerprint density at radius 2 is 0.810 bits per heavy atom. The summed E-state index contributed by atoms with van der Waals surface area (Å²) in [5.74, 6) is 1.80. The molecule has 0 spiro atoms. The molecular weight excluding hydrogens is 771 g/mol. The smallest absolute Gasteiger partial charge is 0.164 e. The van der Waals surface area contributed by atoms with E-state index >= 15 is 0 Å². The molecule has 0 aliphatic rings. The molecule has 0 saturated heterocycles. The molecule has 4 heterocycles. The highest BCUT2D eigenvalue weighted by Crippen LogP contribution is 2.45. The van der Waals surface area contributed by atoms with Crippen molar-refractivity contribution in [3.63, 3.8) is 0 Å². The van der Waals surface area contributed by atoms with Gasteiger partial charge in [-0.1, -0.05) is 158 Å². The second-order valence-electron chi connectivity index (χ2n) is 16.0. The summed E-state index contributed by atoms with van der Waals surface area (Å²) in [5.41, 5.74) is 13.1. The number of para-hydroxylation sites is 3. The van der Waals surface area contributed by atoms with E-state index in [-0.39, 0.29) is 0 Å². The van der Waals surface area contributed by atoms with Crippen molar-refractivity contribution in [1.29, 1.82) is 0 Å². The lowest BCUT2D eigenvalue weighted by Crippen LogP contribution is -2.00. The van der Waals surface area contributed by atoms with Crippen LogP contribution < -0.4 is 0 Å². The van der Waals surface area contributed by atoms with Crippen LogP contribution in [0.1, 0.15) is 0 Å². The maximum atomic E-state index is 6.94. The zero-order valence-corrected chi connectivity index (χ0v) is 33.9. The van der Waals surface area contributed by atoms with Crippen molar-refractivity contribution >= 4 is 65.6 Å². The summed E-state index contributed by atoms with van der Waals surface area (Å²) in [6.07, 6.45) is 0. The molecule has 9 aromatic carbocycles. The molecule has 0 N–H and O–H groups in total. The molecule has 4 aromatic heterocycles. The van der Waals surface area contributed by atoms with Crippen LogP contribution in [0.4, 0.5) is 0 Å². The Bertz CT molecular complexity index is 3830. The standard InChI is InChI=1S/C57H35N5O/c1-5-18-36(19-6-1)44-32-40(62-49-30-16-14-27-42(49)46-34-50-45(35-51(46)62)41-26-13-15-29-48(41)61(50)39-24-11-4-12-25-39)33-47-53-43(28-17-31-52(53)63-54(44)47)57-59-55(37-20-7-2-8-21-37)58-56(60-57)38-22-9-3-10-23-38/h1-35H. The summed E-state index contributed by atoms with van der Waals surface area (Å²) in [6.45, 7) is 0. The fourth-order valence-corrected chi connectivity index (χ4v) is 9.55. The molecule has 63 heavy (non-hydrogen) atoms. The van der Waals surface area contributed by atoms with E-state index in [9.17, 15) is 0 Å². The van der Waals surface area contributed by atoms with E-state index in [1.807, 2.05) is 72.8 Å². The molecular formula is C57H35N5O. The molecule has 0 aliphatic heterocycles. The minimum absolute atomic E-state index is 0.580. The van der Waals surface area contributed by atoms with E-state index < -0.39 is 0 Å². The Morgan fingerprint density at radius 1 is 0.317 bits per heavy atom. The van der Waals surface area contributed by atoms with Crippen molar-refractivity contribution in [1.82, 2.24) is 24.1 Å². The maximum Gasteiger partial charge on any atom is 0.164 e. The van der Waals surface area contributed by atoms with Gasteiger partial charge in [-0.15, -0.1) is 0 Å². The number of fused-ring (bicyclic) bond motifs is 9. The number of hydrogen-bond donors (Lipinski definition) is 0. The van der Waals surface area contributed by atoms with Gasteiger partial charge in [0.1, 0.15) is 11.2 Å². The second-order valence-corrected chi connectivity index (χ2v) is 16.0. The monoisotopic (exact) mass is 805 g/mol. The van der Waals surface area contributed by atoms with Gasteiger partial charge in [0.2, 0.25) is 0 Å². The van der Waals surface area contributed by atoms with Gasteiger partial charge < -0.3 is 13.6 Å². The van der Waals surface area contributed by atoms with Gasteiger partial charge in [-0.25, -0.2) is 15.0 Å². The van der Waals surface area contributed by atoms with Gasteiger partial charge in [-0.3, -0.25) is 0 Å². The third-order valence-corrected chi connectivity index (χ3v) is 12.3. The molecule has 294 valence electrons. The maximum absolute atomic E-state index is 6.94. The zero-order valence-electron chi connectivity index (χ0n) is 33.9. The number of aromatic nitrogens is 5. The predicted octanol–water partition coefficient (Wildman–Crippen LogP) is 14.6. The third-order valence-electron chi connectivity index (χ3n) is 12.3. The Kier molecular flexibility index (Phi) is 7.80. The summed E-state index contributed by atoms with van der Waals surface area (Å²) in [6, 6.07) is 74.4. The summed E-state index contributed by atoms with van der Waals surface area (Å²) in [7, 11) is 0. The van der Waals surface area contributed by atoms with Gasteiger partial charge in [0, 0.05) is 65.9 Å².